The summed E-state index contributed by atoms with van der Waals surface area (Å²) < 4.78 is 29.3. The highest BCUT2D eigenvalue weighted by Crippen LogP contribution is 2.17. The molecule has 5 nitrogen and oxygen atoms in total. The van der Waals surface area contributed by atoms with Gasteiger partial charge >= 0.3 is 0 Å². The van der Waals surface area contributed by atoms with Gasteiger partial charge in [-0.1, -0.05) is 19.1 Å². The van der Waals surface area contributed by atoms with Gasteiger partial charge in [0.05, 0.1) is 22.3 Å². The Bertz CT molecular complexity index is 811. The van der Waals surface area contributed by atoms with E-state index >= 15 is 0 Å². The van der Waals surface area contributed by atoms with Crippen LogP contribution >= 0.6 is 0 Å². The topological polar surface area (TPSA) is 79.2 Å². The first-order chi connectivity index (χ1) is 11.0. The van der Waals surface area contributed by atoms with Crippen molar-refractivity contribution in [1.82, 2.24) is 0 Å². The van der Waals surface area contributed by atoms with E-state index in [9.17, 15) is 8.42 Å². The van der Waals surface area contributed by atoms with Crippen molar-refractivity contribution in [2.24, 2.45) is 0 Å². The van der Waals surface area contributed by atoms with E-state index < -0.39 is 9.84 Å². The lowest BCUT2D eigenvalue weighted by Gasteiger charge is -2.10. The van der Waals surface area contributed by atoms with Gasteiger partial charge in [0.2, 0.25) is 0 Å². The standard InChI is InChI=1S/C17H18N2O3S/c1-2-23(20,21)17-8-4-6-15(12-17)19-9-10-22-16-7-3-5-14(11-16)13-18/h3-8,11-12,19H,2,9-10H2,1H3. The molecule has 0 amide bonds. The van der Waals surface area contributed by atoms with Crippen molar-refractivity contribution in [2.75, 3.05) is 24.2 Å². The van der Waals surface area contributed by atoms with E-state index in [0.29, 0.717) is 29.4 Å². The quantitative estimate of drug-likeness (QED) is 0.790. The van der Waals surface area contributed by atoms with E-state index in [-0.39, 0.29) is 5.75 Å². The highest BCUT2D eigenvalue weighted by molar-refractivity contribution is 7.91. The van der Waals surface area contributed by atoms with Gasteiger partial charge in [-0.25, -0.2) is 8.42 Å². The summed E-state index contributed by atoms with van der Waals surface area (Å²) in [5, 5.41) is 12.0. The molecule has 1 N–H and O–H groups in total. The van der Waals surface area contributed by atoms with E-state index in [1.807, 2.05) is 6.07 Å². The van der Waals surface area contributed by atoms with Crippen LogP contribution in [0.1, 0.15) is 12.5 Å². The molecule has 0 fully saturated rings. The number of ether oxygens (including phenoxy) is 1. The first-order valence-corrected chi connectivity index (χ1v) is 8.90. The third kappa shape index (κ3) is 4.73. The molecule has 0 radical (unpaired) electrons. The maximum absolute atomic E-state index is 11.8. The Kier molecular flexibility index (Phi) is 5.61. The summed E-state index contributed by atoms with van der Waals surface area (Å²) in [5.74, 6) is 0.711. The average molecular weight is 330 g/mol. The molecule has 2 aromatic rings. The number of anilines is 1. The smallest absolute Gasteiger partial charge is 0.178 e. The number of nitrogens with one attached hydrogen (secondary N) is 1. The molecule has 0 saturated carbocycles. The third-order valence-corrected chi connectivity index (χ3v) is 4.97. The number of benzene rings is 2. The molecule has 0 aliphatic rings. The second-order valence-corrected chi connectivity index (χ2v) is 7.12. The summed E-state index contributed by atoms with van der Waals surface area (Å²) in [6.45, 7) is 2.55. The zero-order valence-electron chi connectivity index (χ0n) is 12.8. The normalized spacial score (nSPS) is 10.8. The van der Waals surface area contributed by atoms with Gasteiger partial charge in [0.25, 0.3) is 0 Å². The highest BCUT2D eigenvalue weighted by atomic mass is 32.2. The van der Waals surface area contributed by atoms with E-state index in [0.717, 1.165) is 5.69 Å². The number of rotatable bonds is 7. The van der Waals surface area contributed by atoms with Crippen molar-refractivity contribution >= 4 is 15.5 Å². The molecular formula is C17H18N2O3S. The Balaban J connectivity index is 1.89. The lowest BCUT2D eigenvalue weighted by atomic mass is 10.2. The molecule has 0 saturated heterocycles. The van der Waals surface area contributed by atoms with Crippen molar-refractivity contribution in [3.8, 4) is 11.8 Å². The molecule has 0 heterocycles. The van der Waals surface area contributed by atoms with E-state index in [1.165, 1.54) is 0 Å². The Labute approximate surface area is 136 Å². The van der Waals surface area contributed by atoms with Crippen molar-refractivity contribution < 1.29 is 13.2 Å². The lowest BCUT2D eigenvalue weighted by Crippen LogP contribution is -2.12. The highest BCUT2D eigenvalue weighted by Gasteiger charge is 2.11. The van der Waals surface area contributed by atoms with E-state index in [2.05, 4.69) is 11.4 Å². The average Bonchev–Trinajstić information content (AvgIpc) is 2.59. The molecule has 0 atom stereocenters. The van der Waals surface area contributed by atoms with Crippen LogP contribution in [0.5, 0.6) is 5.75 Å². The van der Waals surface area contributed by atoms with Crippen LogP contribution in [-0.4, -0.2) is 27.3 Å². The molecule has 6 heteroatoms. The maximum Gasteiger partial charge on any atom is 0.178 e. The molecule has 0 spiro atoms. The van der Waals surface area contributed by atoms with Crippen LogP contribution in [0.4, 0.5) is 5.69 Å². The minimum absolute atomic E-state index is 0.0782. The Morgan fingerprint density at radius 2 is 1.96 bits per heavy atom. The van der Waals surface area contributed by atoms with Crippen LogP contribution in [0.3, 0.4) is 0 Å². The molecule has 120 valence electrons. The predicted molar refractivity (Wildman–Crippen MR) is 89.3 cm³/mol. The summed E-state index contributed by atoms with van der Waals surface area (Å²) in [5.41, 5.74) is 1.28. The summed E-state index contributed by atoms with van der Waals surface area (Å²) in [6, 6.07) is 15.7. The molecule has 0 aliphatic heterocycles. The maximum atomic E-state index is 11.8. The van der Waals surface area contributed by atoms with Crippen molar-refractivity contribution in [3.05, 3.63) is 54.1 Å². The first-order valence-electron chi connectivity index (χ1n) is 7.25. The predicted octanol–water partition coefficient (Wildman–Crippen LogP) is 2.84. The molecule has 0 bridgehead atoms. The molecule has 2 rings (SSSR count). The monoisotopic (exact) mass is 330 g/mol. The van der Waals surface area contributed by atoms with Crippen LogP contribution in [0.2, 0.25) is 0 Å². The van der Waals surface area contributed by atoms with Crippen LogP contribution in [-0.2, 0) is 9.84 Å². The van der Waals surface area contributed by atoms with Crippen LogP contribution in [0.25, 0.3) is 0 Å². The van der Waals surface area contributed by atoms with Gasteiger partial charge in [0.15, 0.2) is 9.84 Å². The number of nitrogens with zero attached hydrogens (tertiary/aromatic N) is 1. The Hall–Kier alpha value is -2.52. The third-order valence-electron chi connectivity index (χ3n) is 3.24. The Morgan fingerprint density at radius 1 is 1.17 bits per heavy atom. The molecular weight excluding hydrogens is 312 g/mol. The fourth-order valence-electron chi connectivity index (χ4n) is 1.99. The second kappa shape index (κ2) is 7.65. The van der Waals surface area contributed by atoms with E-state index in [1.54, 1.807) is 49.4 Å². The summed E-state index contributed by atoms with van der Waals surface area (Å²) in [4.78, 5) is 0.313. The van der Waals surface area contributed by atoms with Crippen molar-refractivity contribution in [3.63, 3.8) is 0 Å². The van der Waals surface area contributed by atoms with Gasteiger partial charge in [-0.3, -0.25) is 0 Å². The van der Waals surface area contributed by atoms with Crippen LogP contribution in [0.15, 0.2) is 53.4 Å². The van der Waals surface area contributed by atoms with Gasteiger partial charge < -0.3 is 10.1 Å². The SMILES string of the molecule is CCS(=O)(=O)c1cccc(NCCOc2cccc(C#N)c2)c1. The van der Waals surface area contributed by atoms with Crippen LogP contribution < -0.4 is 10.1 Å². The largest absolute Gasteiger partial charge is 0.492 e. The number of nitriles is 1. The van der Waals surface area contributed by atoms with Gasteiger partial charge in [0, 0.05) is 12.2 Å². The van der Waals surface area contributed by atoms with Crippen molar-refractivity contribution in [1.29, 1.82) is 5.26 Å². The van der Waals surface area contributed by atoms with E-state index in [4.69, 9.17) is 10.00 Å². The molecule has 0 unspecified atom stereocenters. The molecule has 2 aromatic carbocycles. The van der Waals surface area contributed by atoms with Gasteiger partial charge in [-0.2, -0.15) is 5.26 Å². The summed E-state index contributed by atoms with van der Waals surface area (Å²) in [6.07, 6.45) is 0. The molecule has 0 aromatic heterocycles. The second-order valence-electron chi connectivity index (χ2n) is 4.85. The fraction of sp³-hybridized carbons (Fsp3) is 0.235. The number of sulfone groups is 1. The molecule has 23 heavy (non-hydrogen) atoms. The van der Waals surface area contributed by atoms with Crippen molar-refractivity contribution in [2.45, 2.75) is 11.8 Å². The minimum Gasteiger partial charge on any atom is -0.492 e. The van der Waals surface area contributed by atoms with Crippen LogP contribution in [0, 0.1) is 11.3 Å². The minimum atomic E-state index is -3.20. The first kappa shape index (κ1) is 16.8. The van der Waals surface area contributed by atoms with Gasteiger partial charge in [-0.15, -0.1) is 0 Å². The van der Waals surface area contributed by atoms with Gasteiger partial charge in [0.1, 0.15) is 12.4 Å². The Morgan fingerprint density at radius 3 is 2.70 bits per heavy atom. The zero-order chi connectivity index (χ0) is 16.7. The lowest BCUT2D eigenvalue weighted by molar-refractivity contribution is 0.333. The van der Waals surface area contributed by atoms with Gasteiger partial charge in [-0.05, 0) is 36.4 Å². The zero-order valence-corrected chi connectivity index (χ0v) is 13.6. The summed E-state index contributed by atoms with van der Waals surface area (Å²) in [7, 11) is -3.20. The number of hydrogen-bond acceptors (Lipinski definition) is 5. The molecule has 0 aliphatic carbocycles. The summed E-state index contributed by atoms with van der Waals surface area (Å²) >= 11 is 0. The number of hydrogen-bond donors (Lipinski definition) is 1. The fourth-order valence-corrected chi connectivity index (χ4v) is 2.91.